The number of nitrogens with zero attached hydrogens (tertiary/aromatic N) is 2. The second-order valence-corrected chi connectivity index (χ2v) is 5.31. The topological polar surface area (TPSA) is 58.8 Å². The quantitative estimate of drug-likeness (QED) is 0.879. The first-order valence-corrected chi connectivity index (χ1v) is 7.00. The zero-order valence-electron chi connectivity index (χ0n) is 12.2. The largest absolute Gasteiger partial charge is 0.484 e. The minimum atomic E-state index is 0.0489. The number of hydrogen-bond acceptors (Lipinski definition) is 4. The number of carbonyl (C=O) groups is 1. The fraction of sp³-hybridized carbons (Fsp3) is 0.533. The van der Waals surface area contributed by atoms with Crippen LogP contribution in [0.2, 0.25) is 0 Å². The summed E-state index contributed by atoms with van der Waals surface area (Å²) in [5.74, 6) is 0.755. The molecular weight excluding hydrogens is 254 g/mol. The predicted molar refractivity (Wildman–Crippen MR) is 78.5 cm³/mol. The first kappa shape index (κ1) is 14.8. The number of nitrogens with two attached hydrogens (primary N) is 1. The number of amides is 1. The molecule has 1 aromatic rings. The van der Waals surface area contributed by atoms with E-state index < -0.39 is 0 Å². The van der Waals surface area contributed by atoms with Gasteiger partial charge in [0.2, 0.25) is 0 Å². The van der Waals surface area contributed by atoms with Crippen molar-refractivity contribution in [3.05, 3.63) is 29.8 Å². The van der Waals surface area contributed by atoms with E-state index in [4.69, 9.17) is 10.5 Å². The predicted octanol–water partition coefficient (Wildman–Crippen LogP) is 0.687. The van der Waals surface area contributed by atoms with E-state index in [-0.39, 0.29) is 12.5 Å². The highest BCUT2D eigenvalue weighted by molar-refractivity contribution is 5.78. The van der Waals surface area contributed by atoms with Gasteiger partial charge in [-0.15, -0.1) is 0 Å². The van der Waals surface area contributed by atoms with Gasteiger partial charge in [0.25, 0.3) is 5.91 Å². The van der Waals surface area contributed by atoms with Crippen LogP contribution in [-0.4, -0.2) is 55.0 Å². The molecule has 1 aromatic carbocycles. The third-order valence-corrected chi connectivity index (χ3v) is 3.83. The summed E-state index contributed by atoms with van der Waals surface area (Å²) in [6.07, 6.45) is 0. The Morgan fingerprint density at radius 1 is 1.35 bits per heavy atom. The zero-order chi connectivity index (χ0) is 14.5. The van der Waals surface area contributed by atoms with Crippen molar-refractivity contribution in [3.8, 4) is 5.75 Å². The smallest absolute Gasteiger partial charge is 0.260 e. The van der Waals surface area contributed by atoms with Gasteiger partial charge in [0, 0.05) is 32.2 Å². The highest BCUT2D eigenvalue weighted by atomic mass is 16.5. The van der Waals surface area contributed by atoms with E-state index in [1.807, 2.05) is 29.2 Å². The van der Waals surface area contributed by atoms with Crippen LogP contribution >= 0.6 is 0 Å². The average molecular weight is 277 g/mol. The minimum absolute atomic E-state index is 0.0489. The molecule has 20 heavy (non-hydrogen) atoms. The summed E-state index contributed by atoms with van der Waals surface area (Å²) in [4.78, 5) is 16.2. The minimum Gasteiger partial charge on any atom is -0.484 e. The molecule has 1 heterocycles. The fourth-order valence-corrected chi connectivity index (χ4v) is 2.23. The SMILES string of the molecule is CC1CN(C(=O)COc2ccc(CN)cc2)CCN1C. The van der Waals surface area contributed by atoms with Crippen molar-refractivity contribution < 1.29 is 9.53 Å². The molecule has 1 fully saturated rings. The summed E-state index contributed by atoms with van der Waals surface area (Å²) in [5, 5.41) is 0. The van der Waals surface area contributed by atoms with Crippen LogP contribution in [0.25, 0.3) is 0 Å². The number of likely N-dealkylation sites (N-methyl/N-ethyl adjacent to an activating group) is 1. The fourth-order valence-electron chi connectivity index (χ4n) is 2.23. The number of rotatable bonds is 4. The van der Waals surface area contributed by atoms with Gasteiger partial charge < -0.3 is 20.3 Å². The molecule has 1 aliphatic heterocycles. The van der Waals surface area contributed by atoms with Crippen LogP contribution in [0, 0.1) is 0 Å². The Hall–Kier alpha value is -1.59. The van der Waals surface area contributed by atoms with Crippen LogP contribution in [0.5, 0.6) is 5.75 Å². The number of piperazine rings is 1. The van der Waals surface area contributed by atoms with E-state index in [2.05, 4.69) is 18.9 Å². The van der Waals surface area contributed by atoms with E-state index >= 15 is 0 Å². The number of ether oxygens (including phenoxy) is 1. The Bertz CT molecular complexity index is 447. The van der Waals surface area contributed by atoms with E-state index in [1.54, 1.807) is 0 Å². The van der Waals surface area contributed by atoms with Crippen molar-refractivity contribution in [2.45, 2.75) is 19.5 Å². The maximum atomic E-state index is 12.1. The molecule has 2 rings (SSSR count). The lowest BCUT2D eigenvalue weighted by molar-refractivity contribution is -0.135. The van der Waals surface area contributed by atoms with Gasteiger partial charge in [0.05, 0.1) is 0 Å². The first-order valence-electron chi connectivity index (χ1n) is 7.00. The van der Waals surface area contributed by atoms with Crippen molar-refractivity contribution in [1.29, 1.82) is 0 Å². The Balaban J connectivity index is 1.82. The van der Waals surface area contributed by atoms with Crippen LogP contribution in [-0.2, 0) is 11.3 Å². The van der Waals surface area contributed by atoms with Crippen molar-refractivity contribution in [2.75, 3.05) is 33.3 Å². The number of carbonyl (C=O) groups excluding carboxylic acids is 1. The lowest BCUT2D eigenvalue weighted by Gasteiger charge is -2.37. The maximum Gasteiger partial charge on any atom is 0.260 e. The van der Waals surface area contributed by atoms with E-state index in [0.717, 1.165) is 25.2 Å². The highest BCUT2D eigenvalue weighted by Crippen LogP contribution is 2.13. The molecule has 0 aliphatic carbocycles. The summed E-state index contributed by atoms with van der Waals surface area (Å²) in [6, 6.07) is 7.93. The third kappa shape index (κ3) is 3.71. The van der Waals surface area contributed by atoms with Crippen molar-refractivity contribution in [2.24, 2.45) is 5.73 Å². The normalized spacial score (nSPS) is 19.9. The van der Waals surface area contributed by atoms with Gasteiger partial charge in [0.1, 0.15) is 5.75 Å². The van der Waals surface area contributed by atoms with E-state index in [0.29, 0.717) is 18.3 Å². The second kappa shape index (κ2) is 6.72. The molecule has 0 bridgehead atoms. The Morgan fingerprint density at radius 3 is 2.65 bits per heavy atom. The van der Waals surface area contributed by atoms with E-state index in [1.165, 1.54) is 0 Å². The zero-order valence-corrected chi connectivity index (χ0v) is 12.2. The van der Waals surface area contributed by atoms with Crippen molar-refractivity contribution in [1.82, 2.24) is 9.80 Å². The molecule has 0 saturated carbocycles. The molecule has 1 amide bonds. The van der Waals surface area contributed by atoms with Crippen LogP contribution in [0.4, 0.5) is 0 Å². The summed E-state index contributed by atoms with van der Waals surface area (Å²) in [5.41, 5.74) is 6.59. The van der Waals surface area contributed by atoms with Crippen molar-refractivity contribution in [3.63, 3.8) is 0 Å². The Kier molecular flexibility index (Phi) is 4.98. The highest BCUT2D eigenvalue weighted by Gasteiger charge is 2.24. The summed E-state index contributed by atoms with van der Waals surface area (Å²) in [7, 11) is 2.09. The van der Waals surface area contributed by atoms with Crippen molar-refractivity contribution >= 4 is 5.91 Å². The average Bonchev–Trinajstić information content (AvgIpc) is 2.48. The molecule has 1 unspecified atom stereocenters. The van der Waals surface area contributed by atoms with Gasteiger partial charge in [0.15, 0.2) is 6.61 Å². The van der Waals surface area contributed by atoms with Gasteiger partial charge in [-0.25, -0.2) is 0 Å². The van der Waals surface area contributed by atoms with Gasteiger partial charge >= 0.3 is 0 Å². The molecule has 0 aromatic heterocycles. The molecule has 0 spiro atoms. The Labute approximate surface area is 120 Å². The maximum absolute atomic E-state index is 12.1. The van der Waals surface area contributed by atoms with Gasteiger partial charge in [-0.1, -0.05) is 12.1 Å². The molecule has 1 atom stereocenters. The van der Waals surface area contributed by atoms with Crippen LogP contribution in [0.1, 0.15) is 12.5 Å². The van der Waals surface area contributed by atoms with Crippen LogP contribution in [0.15, 0.2) is 24.3 Å². The van der Waals surface area contributed by atoms with Gasteiger partial charge in [-0.05, 0) is 31.7 Å². The first-order chi connectivity index (χ1) is 9.60. The number of hydrogen-bond donors (Lipinski definition) is 1. The Morgan fingerprint density at radius 2 is 2.05 bits per heavy atom. The van der Waals surface area contributed by atoms with E-state index in [9.17, 15) is 4.79 Å². The number of benzene rings is 1. The lowest BCUT2D eigenvalue weighted by Crippen LogP contribution is -2.53. The van der Waals surface area contributed by atoms with Crippen LogP contribution in [0.3, 0.4) is 0 Å². The summed E-state index contributed by atoms with van der Waals surface area (Å²) >= 11 is 0. The molecule has 110 valence electrons. The lowest BCUT2D eigenvalue weighted by atomic mass is 10.2. The van der Waals surface area contributed by atoms with Gasteiger partial charge in [-0.2, -0.15) is 0 Å². The second-order valence-electron chi connectivity index (χ2n) is 5.31. The van der Waals surface area contributed by atoms with Crippen LogP contribution < -0.4 is 10.5 Å². The molecule has 2 N–H and O–H groups in total. The molecule has 1 aliphatic rings. The monoisotopic (exact) mass is 277 g/mol. The third-order valence-electron chi connectivity index (χ3n) is 3.83. The summed E-state index contributed by atoms with van der Waals surface area (Å²) < 4.78 is 5.54. The molecule has 0 radical (unpaired) electrons. The summed E-state index contributed by atoms with van der Waals surface area (Å²) in [6.45, 7) is 5.20. The molecular formula is C15H23N3O2. The molecule has 5 nitrogen and oxygen atoms in total. The van der Waals surface area contributed by atoms with Gasteiger partial charge in [-0.3, -0.25) is 4.79 Å². The molecule has 1 saturated heterocycles. The molecule has 5 heteroatoms. The standard InChI is InChI=1S/C15H23N3O2/c1-12-10-18(8-7-17(12)2)15(19)11-20-14-5-3-13(9-16)4-6-14/h3-6,12H,7-11,16H2,1-2H3.